The van der Waals surface area contributed by atoms with Gasteiger partial charge in [-0.15, -0.1) is 11.3 Å². The summed E-state index contributed by atoms with van der Waals surface area (Å²) in [6, 6.07) is 10.8. The van der Waals surface area contributed by atoms with Crippen molar-refractivity contribution in [3.05, 3.63) is 53.4 Å². The number of anilines is 1. The molecule has 1 saturated heterocycles. The van der Waals surface area contributed by atoms with Crippen molar-refractivity contribution >= 4 is 32.9 Å². The lowest BCUT2D eigenvalue weighted by Crippen LogP contribution is -2.24. The summed E-state index contributed by atoms with van der Waals surface area (Å²) < 4.78 is 3.18. The summed E-state index contributed by atoms with van der Waals surface area (Å²) in [5, 5.41) is 5.70. The SMILES string of the molecule is Cc1cc2c(N3CCCC3c3nc4ccccc4s3)nccn2n1. The second-order valence-electron chi connectivity index (χ2n) is 6.24. The molecule has 1 aliphatic rings. The Hall–Kier alpha value is -2.47. The van der Waals surface area contributed by atoms with Gasteiger partial charge in [-0.25, -0.2) is 14.5 Å². The van der Waals surface area contributed by atoms with Crippen molar-refractivity contribution in [3.8, 4) is 0 Å². The monoisotopic (exact) mass is 335 g/mol. The number of fused-ring (bicyclic) bond motifs is 2. The van der Waals surface area contributed by atoms with Crippen molar-refractivity contribution in [2.75, 3.05) is 11.4 Å². The fourth-order valence-electron chi connectivity index (χ4n) is 3.56. The molecule has 5 nitrogen and oxygen atoms in total. The van der Waals surface area contributed by atoms with Crippen LogP contribution in [0.15, 0.2) is 42.7 Å². The molecule has 0 radical (unpaired) electrons. The first-order chi connectivity index (χ1) is 11.8. The Morgan fingerprint density at radius 2 is 2.17 bits per heavy atom. The van der Waals surface area contributed by atoms with Gasteiger partial charge in [-0.3, -0.25) is 0 Å². The van der Waals surface area contributed by atoms with Crippen LogP contribution in [0.5, 0.6) is 0 Å². The van der Waals surface area contributed by atoms with E-state index in [9.17, 15) is 0 Å². The summed E-state index contributed by atoms with van der Waals surface area (Å²) in [6.45, 7) is 3.03. The Labute approximate surface area is 143 Å². The van der Waals surface area contributed by atoms with Gasteiger partial charge >= 0.3 is 0 Å². The molecule has 0 aliphatic carbocycles. The Kier molecular flexibility index (Phi) is 3.06. The molecule has 120 valence electrons. The molecule has 3 aromatic heterocycles. The molecule has 0 spiro atoms. The van der Waals surface area contributed by atoms with Gasteiger partial charge in [0.1, 0.15) is 10.5 Å². The van der Waals surface area contributed by atoms with Crippen LogP contribution in [0.2, 0.25) is 0 Å². The van der Waals surface area contributed by atoms with E-state index < -0.39 is 0 Å². The van der Waals surface area contributed by atoms with Crippen LogP contribution in [0.4, 0.5) is 5.82 Å². The van der Waals surface area contributed by atoms with E-state index in [0.717, 1.165) is 41.9 Å². The highest BCUT2D eigenvalue weighted by atomic mass is 32.1. The van der Waals surface area contributed by atoms with Gasteiger partial charge in [-0.2, -0.15) is 5.10 Å². The van der Waals surface area contributed by atoms with Crippen molar-refractivity contribution in [3.63, 3.8) is 0 Å². The quantitative estimate of drug-likeness (QED) is 0.556. The summed E-state index contributed by atoms with van der Waals surface area (Å²) in [7, 11) is 0. The van der Waals surface area contributed by atoms with E-state index in [1.165, 1.54) is 9.71 Å². The second kappa shape index (κ2) is 5.27. The highest BCUT2D eigenvalue weighted by Crippen LogP contribution is 2.39. The maximum absolute atomic E-state index is 4.88. The number of hydrogen-bond acceptors (Lipinski definition) is 5. The Balaban J connectivity index is 1.61. The van der Waals surface area contributed by atoms with Gasteiger partial charge in [0, 0.05) is 18.9 Å². The number of thiazole rings is 1. The van der Waals surface area contributed by atoms with Crippen molar-refractivity contribution in [1.29, 1.82) is 0 Å². The van der Waals surface area contributed by atoms with Crippen molar-refractivity contribution in [2.45, 2.75) is 25.8 Å². The molecule has 1 aromatic carbocycles. The zero-order valence-electron chi connectivity index (χ0n) is 13.4. The van der Waals surface area contributed by atoms with Crippen LogP contribution < -0.4 is 4.90 Å². The molecule has 0 bridgehead atoms. The standard InChI is InChI=1S/C18H17N5S/c1-12-11-15-17(19-8-10-23(15)21-12)22-9-4-6-14(22)18-20-13-5-2-3-7-16(13)24-18/h2-3,5,7-8,10-11,14H,4,6,9H2,1H3. The first-order valence-corrected chi connectivity index (χ1v) is 9.04. The van der Waals surface area contributed by atoms with Gasteiger partial charge in [-0.05, 0) is 38.0 Å². The molecule has 0 saturated carbocycles. The average molecular weight is 335 g/mol. The summed E-state index contributed by atoms with van der Waals surface area (Å²) in [4.78, 5) is 12.0. The zero-order valence-corrected chi connectivity index (χ0v) is 14.2. The number of aryl methyl sites for hydroxylation is 1. The molecule has 1 atom stereocenters. The van der Waals surface area contributed by atoms with Crippen LogP contribution in [-0.4, -0.2) is 26.1 Å². The smallest absolute Gasteiger partial charge is 0.155 e. The van der Waals surface area contributed by atoms with Crippen molar-refractivity contribution in [1.82, 2.24) is 19.6 Å². The molecule has 24 heavy (non-hydrogen) atoms. The van der Waals surface area contributed by atoms with Crippen LogP contribution in [-0.2, 0) is 0 Å². The summed E-state index contributed by atoms with van der Waals surface area (Å²) in [5.41, 5.74) is 3.18. The van der Waals surface area contributed by atoms with Crippen LogP contribution >= 0.6 is 11.3 Å². The molecule has 0 amide bonds. The lowest BCUT2D eigenvalue weighted by molar-refractivity contribution is 0.707. The summed E-state index contributed by atoms with van der Waals surface area (Å²) in [6.07, 6.45) is 6.03. The molecule has 6 heteroatoms. The van der Waals surface area contributed by atoms with Gasteiger partial charge in [0.25, 0.3) is 0 Å². The third-order valence-corrected chi connectivity index (χ3v) is 5.75. The van der Waals surface area contributed by atoms with E-state index in [2.05, 4.69) is 45.3 Å². The van der Waals surface area contributed by atoms with Crippen LogP contribution in [0, 0.1) is 6.92 Å². The minimum Gasteiger partial charge on any atom is -0.345 e. The predicted molar refractivity (Wildman–Crippen MR) is 96.7 cm³/mol. The molecule has 1 fully saturated rings. The van der Waals surface area contributed by atoms with Gasteiger partial charge in [0.05, 0.1) is 22.0 Å². The second-order valence-corrected chi connectivity index (χ2v) is 7.30. The minimum absolute atomic E-state index is 0.302. The zero-order chi connectivity index (χ0) is 16.1. The molecule has 4 heterocycles. The molecular weight excluding hydrogens is 318 g/mol. The van der Waals surface area contributed by atoms with Crippen LogP contribution in [0.1, 0.15) is 29.6 Å². The normalized spacial score (nSPS) is 18.0. The molecule has 5 rings (SSSR count). The number of rotatable bonds is 2. The van der Waals surface area contributed by atoms with Gasteiger partial charge < -0.3 is 4.90 Å². The summed E-state index contributed by atoms with van der Waals surface area (Å²) >= 11 is 1.80. The van der Waals surface area contributed by atoms with Crippen molar-refractivity contribution < 1.29 is 0 Å². The van der Waals surface area contributed by atoms with Crippen molar-refractivity contribution in [2.24, 2.45) is 0 Å². The van der Waals surface area contributed by atoms with Gasteiger partial charge in [0.2, 0.25) is 0 Å². The van der Waals surface area contributed by atoms with E-state index >= 15 is 0 Å². The first kappa shape index (κ1) is 13.9. The van der Waals surface area contributed by atoms with Gasteiger partial charge in [0.15, 0.2) is 5.82 Å². The summed E-state index contributed by atoms with van der Waals surface area (Å²) in [5.74, 6) is 1.01. The Morgan fingerprint density at radius 3 is 3.08 bits per heavy atom. The minimum atomic E-state index is 0.302. The molecule has 4 aromatic rings. The van der Waals surface area contributed by atoms with Gasteiger partial charge in [-0.1, -0.05) is 12.1 Å². The lowest BCUT2D eigenvalue weighted by atomic mass is 10.2. The highest BCUT2D eigenvalue weighted by Gasteiger charge is 2.31. The van der Waals surface area contributed by atoms with Crippen LogP contribution in [0.25, 0.3) is 15.7 Å². The Morgan fingerprint density at radius 1 is 1.25 bits per heavy atom. The first-order valence-electron chi connectivity index (χ1n) is 8.23. The van der Waals surface area contributed by atoms with E-state index in [1.54, 1.807) is 11.3 Å². The number of benzene rings is 1. The largest absolute Gasteiger partial charge is 0.345 e. The predicted octanol–water partition coefficient (Wildman–Crippen LogP) is 3.99. The van der Waals surface area contributed by atoms with E-state index in [0.29, 0.717) is 6.04 Å². The maximum atomic E-state index is 4.88. The highest BCUT2D eigenvalue weighted by molar-refractivity contribution is 7.18. The number of nitrogens with zero attached hydrogens (tertiary/aromatic N) is 5. The third kappa shape index (κ3) is 2.10. The molecule has 0 N–H and O–H groups in total. The third-order valence-electron chi connectivity index (χ3n) is 4.61. The molecule has 1 aliphatic heterocycles. The van der Waals surface area contributed by atoms with Crippen LogP contribution in [0.3, 0.4) is 0 Å². The number of aromatic nitrogens is 4. The Bertz CT molecular complexity index is 1000. The van der Waals surface area contributed by atoms with E-state index in [-0.39, 0.29) is 0 Å². The number of hydrogen-bond donors (Lipinski definition) is 0. The fraction of sp³-hybridized carbons (Fsp3) is 0.278. The van der Waals surface area contributed by atoms with E-state index in [1.807, 2.05) is 23.8 Å². The molecular formula is C18H17N5S. The van der Waals surface area contributed by atoms with E-state index in [4.69, 9.17) is 4.98 Å². The number of para-hydroxylation sites is 1. The lowest BCUT2D eigenvalue weighted by Gasteiger charge is -2.24. The molecule has 1 unspecified atom stereocenters. The topological polar surface area (TPSA) is 46.3 Å². The fourth-order valence-corrected chi connectivity index (χ4v) is 4.68. The maximum Gasteiger partial charge on any atom is 0.155 e. The average Bonchev–Trinajstić information content (AvgIpc) is 3.30.